The smallest absolute Gasteiger partial charge is 0.313 e. The fraction of sp³-hybridized carbons (Fsp3) is 0.750. The van der Waals surface area contributed by atoms with E-state index in [4.69, 9.17) is 0 Å². The highest BCUT2D eigenvalue weighted by atomic mass is 32.1. The lowest BCUT2D eigenvalue weighted by Gasteiger charge is -2.33. The van der Waals surface area contributed by atoms with E-state index in [-0.39, 0.29) is 6.42 Å². The quantitative estimate of drug-likeness (QED) is 0.913. The highest BCUT2D eigenvalue weighted by Crippen LogP contribution is 2.37. The highest BCUT2D eigenvalue weighted by molar-refractivity contribution is 7.07. The molecule has 0 bridgehead atoms. The average molecular weight is 278 g/mol. The third kappa shape index (κ3) is 3.68. The van der Waals surface area contributed by atoms with Crippen LogP contribution >= 0.6 is 11.3 Å². The SMILES string of the molecule is FC(F)(F)C1CCCCC1NCCc1cscn1. The maximum absolute atomic E-state index is 12.8. The van der Waals surface area contributed by atoms with Crippen LogP contribution in [0.5, 0.6) is 0 Å². The van der Waals surface area contributed by atoms with Crippen LogP contribution in [-0.4, -0.2) is 23.7 Å². The summed E-state index contributed by atoms with van der Waals surface area (Å²) < 4.78 is 38.5. The van der Waals surface area contributed by atoms with Crippen LogP contribution in [-0.2, 0) is 6.42 Å². The number of aromatic nitrogens is 1. The molecule has 6 heteroatoms. The van der Waals surface area contributed by atoms with Gasteiger partial charge in [0.2, 0.25) is 0 Å². The lowest BCUT2D eigenvalue weighted by atomic mass is 9.84. The summed E-state index contributed by atoms with van der Waals surface area (Å²) in [4.78, 5) is 4.12. The van der Waals surface area contributed by atoms with Crippen molar-refractivity contribution >= 4 is 11.3 Å². The van der Waals surface area contributed by atoms with Crippen molar-refractivity contribution in [2.24, 2.45) is 5.92 Å². The summed E-state index contributed by atoms with van der Waals surface area (Å²) in [6, 6.07) is -0.419. The molecule has 0 aromatic carbocycles. The van der Waals surface area contributed by atoms with Crippen molar-refractivity contribution in [2.45, 2.75) is 44.3 Å². The number of hydrogen-bond acceptors (Lipinski definition) is 3. The fourth-order valence-corrected chi connectivity index (χ4v) is 3.11. The second-order valence-corrected chi connectivity index (χ2v) is 5.44. The first-order valence-electron chi connectivity index (χ1n) is 6.24. The maximum atomic E-state index is 12.8. The summed E-state index contributed by atoms with van der Waals surface area (Å²) in [5, 5.41) is 5.00. The molecule has 2 nitrogen and oxygen atoms in total. The van der Waals surface area contributed by atoms with Crippen LogP contribution < -0.4 is 5.32 Å². The Bertz CT molecular complexity index is 351. The molecule has 0 spiro atoms. The Morgan fingerprint density at radius 1 is 1.33 bits per heavy atom. The number of rotatable bonds is 4. The average Bonchev–Trinajstić information content (AvgIpc) is 2.81. The second-order valence-electron chi connectivity index (χ2n) is 4.72. The number of thiazole rings is 1. The minimum absolute atomic E-state index is 0.262. The zero-order valence-electron chi connectivity index (χ0n) is 10.0. The van der Waals surface area contributed by atoms with E-state index in [9.17, 15) is 13.2 Å². The highest BCUT2D eigenvalue weighted by Gasteiger charge is 2.45. The van der Waals surface area contributed by atoms with E-state index >= 15 is 0 Å². The summed E-state index contributed by atoms with van der Waals surface area (Å²) in [5.41, 5.74) is 2.70. The molecule has 2 unspecified atom stereocenters. The molecule has 1 aromatic rings. The van der Waals surface area contributed by atoms with Crippen LogP contribution in [0.2, 0.25) is 0 Å². The summed E-state index contributed by atoms with van der Waals surface area (Å²) in [6.07, 6.45) is -0.905. The molecule has 2 atom stereocenters. The van der Waals surface area contributed by atoms with Crippen LogP contribution in [0.3, 0.4) is 0 Å². The lowest BCUT2D eigenvalue weighted by Crippen LogP contribution is -2.46. The lowest BCUT2D eigenvalue weighted by molar-refractivity contribution is -0.188. The van der Waals surface area contributed by atoms with Gasteiger partial charge < -0.3 is 5.32 Å². The van der Waals surface area contributed by atoms with Gasteiger partial charge in [0.1, 0.15) is 0 Å². The van der Waals surface area contributed by atoms with Crippen LogP contribution in [0.15, 0.2) is 10.9 Å². The van der Waals surface area contributed by atoms with E-state index in [1.165, 1.54) is 11.3 Å². The predicted octanol–water partition coefficient (Wildman–Crippen LogP) is 3.40. The van der Waals surface area contributed by atoms with Crippen LogP contribution in [0.4, 0.5) is 13.2 Å². The zero-order valence-corrected chi connectivity index (χ0v) is 10.9. The zero-order chi connectivity index (χ0) is 13.0. The molecule has 2 rings (SSSR count). The first kappa shape index (κ1) is 13.8. The second kappa shape index (κ2) is 6.02. The van der Waals surface area contributed by atoms with Crippen molar-refractivity contribution in [3.63, 3.8) is 0 Å². The fourth-order valence-electron chi connectivity index (χ4n) is 2.51. The van der Waals surface area contributed by atoms with Crippen LogP contribution in [0, 0.1) is 5.92 Å². The van der Waals surface area contributed by atoms with Gasteiger partial charge in [0, 0.05) is 24.4 Å². The van der Waals surface area contributed by atoms with Crippen molar-refractivity contribution in [3.05, 3.63) is 16.6 Å². The van der Waals surface area contributed by atoms with Gasteiger partial charge >= 0.3 is 6.18 Å². The Kier molecular flexibility index (Phi) is 4.61. The Labute approximate surface area is 109 Å². The summed E-state index contributed by atoms with van der Waals surface area (Å²) in [6.45, 7) is 0.570. The first-order chi connectivity index (χ1) is 8.57. The molecule has 1 aliphatic rings. The number of nitrogens with zero attached hydrogens (tertiary/aromatic N) is 1. The van der Waals surface area contributed by atoms with Gasteiger partial charge in [-0.3, -0.25) is 0 Å². The monoisotopic (exact) mass is 278 g/mol. The summed E-state index contributed by atoms with van der Waals surface area (Å²) in [5.74, 6) is -1.18. The van der Waals surface area contributed by atoms with Gasteiger partial charge in [-0.25, -0.2) is 4.98 Å². The van der Waals surface area contributed by atoms with Crippen molar-refractivity contribution in [2.75, 3.05) is 6.54 Å². The van der Waals surface area contributed by atoms with Crippen LogP contribution in [0.1, 0.15) is 31.4 Å². The van der Waals surface area contributed by atoms with Gasteiger partial charge in [-0.15, -0.1) is 11.3 Å². The van der Waals surface area contributed by atoms with E-state index in [0.29, 0.717) is 25.8 Å². The number of hydrogen-bond donors (Lipinski definition) is 1. The van der Waals surface area contributed by atoms with E-state index in [0.717, 1.165) is 12.1 Å². The minimum atomic E-state index is -4.07. The van der Waals surface area contributed by atoms with E-state index < -0.39 is 18.1 Å². The Hall–Kier alpha value is -0.620. The van der Waals surface area contributed by atoms with Crippen LogP contribution in [0.25, 0.3) is 0 Å². The van der Waals surface area contributed by atoms with Gasteiger partial charge in [0.05, 0.1) is 17.1 Å². The Morgan fingerprint density at radius 2 is 2.11 bits per heavy atom. The van der Waals surface area contributed by atoms with E-state index in [1.807, 2.05) is 5.38 Å². The number of alkyl halides is 3. The Balaban J connectivity index is 1.82. The molecule has 1 aromatic heterocycles. The molecule has 1 N–H and O–H groups in total. The van der Waals surface area contributed by atoms with Crippen molar-refractivity contribution in [3.8, 4) is 0 Å². The molecule has 1 heterocycles. The molecular formula is C12H17F3N2S. The first-order valence-corrected chi connectivity index (χ1v) is 7.19. The standard InChI is InChI=1S/C12H17F3N2S/c13-12(14,15)10-3-1-2-4-11(10)16-6-5-9-7-18-8-17-9/h7-8,10-11,16H,1-6H2. The molecule has 0 aliphatic heterocycles. The molecule has 0 amide bonds. The van der Waals surface area contributed by atoms with Gasteiger partial charge in [0.15, 0.2) is 0 Å². The van der Waals surface area contributed by atoms with Crippen molar-refractivity contribution in [1.29, 1.82) is 0 Å². The largest absolute Gasteiger partial charge is 0.393 e. The summed E-state index contributed by atoms with van der Waals surface area (Å²) >= 11 is 1.51. The molecule has 0 saturated heterocycles. The van der Waals surface area contributed by atoms with Crippen molar-refractivity contribution in [1.82, 2.24) is 10.3 Å². The predicted molar refractivity (Wildman–Crippen MR) is 65.6 cm³/mol. The Morgan fingerprint density at radius 3 is 2.78 bits per heavy atom. The molecule has 1 fully saturated rings. The van der Waals surface area contributed by atoms with E-state index in [2.05, 4.69) is 10.3 Å². The van der Waals surface area contributed by atoms with Gasteiger partial charge in [-0.1, -0.05) is 12.8 Å². The normalized spacial score (nSPS) is 25.3. The van der Waals surface area contributed by atoms with Gasteiger partial charge in [-0.2, -0.15) is 13.2 Å². The van der Waals surface area contributed by atoms with Crippen molar-refractivity contribution < 1.29 is 13.2 Å². The van der Waals surface area contributed by atoms with Gasteiger partial charge in [0.25, 0.3) is 0 Å². The molecule has 1 aliphatic carbocycles. The summed E-state index contributed by atoms with van der Waals surface area (Å²) in [7, 11) is 0. The maximum Gasteiger partial charge on any atom is 0.393 e. The molecule has 1 saturated carbocycles. The molecule has 18 heavy (non-hydrogen) atoms. The molecule has 0 radical (unpaired) electrons. The number of halogens is 3. The molecular weight excluding hydrogens is 261 g/mol. The third-order valence-electron chi connectivity index (χ3n) is 3.46. The van der Waals surface area contributed by atoms with E-state index in [1.54, 1.807) is 5.51 Å². The molecule has 102 valence electrons. The van der Waals surface area contributed by atoms with Gasteiger partial charge in [-0.05, 0) is 12.8 Å². The minimum Gasteiger partial charge on any atom is -0.313 e. The third-order valence-corrected chi connectivity index (χ3v) is 4.09. The topological polar surface area (TPSA) is 24.9 Å². The number of nitrogens with one attached hydrogen (secondary N) is 1.